The molecule has 1 aromatic heterocycles. The monoisotopic (exact) mass is 410 g/mol. The third kappa shape index (κ3) is 4.39. The van der Waals surface area contributed by atoms with Crippen LogP contribution in [0, 0.1) is 5.92 Å². The first-order valence-electron chi connectivity index (χ1n) is 9.30. The van der Waals surface area contributed by atoms with Crippen molar-refractivity contribution >= 4 is 16.0 Å². The molecule has 1 aromatic rings. The zero-order valence-electron chi connectivity index (χ0n) is 15.2. The van der Waals surface area contributed by atoms with Crippen LogP contribution in [0.15, 0.2) is 4.52 Å². The molecule has 11 heteroatoms. The highest BCUT2D eigenvalue weighted by Gasteiger charge is 2.62. The Morgan fingerprint density at radius 2 is 1.89 bits per heavy atom. The Morgan fingerprint density at radius 1 is 1.22 bits per heavy atom. The lowest BCUT2D eigenvalue weighted by Crippen LogP contribution is -2.48. The summed E-state index contributed by atoms with van der Waals surface area (Å²) >= 11 is 0. The fourth-order valence-electron chi connectivity index (χ4n) is 3.67. The van der Waals surface area contributed by atoms with Crippen molar-refractivity contribution < 1.29 is 26.1 Å². The van der Waals surface area contributed by atoms with Crippen molar-refractivity contribution in [1.82, 2.24) is 14.9 Å². The third-order valence-electron chi connectivity index (χ3n) is 5.75. The molecule has 0 spiro atoms. The summed E-state index contributed by atoms with van der Waals surface area (Å²) in [6, 6.07) is 0.0521. The molecule has 7 nitrogen and oxygen atoms in total. The SMILES string of the molecule is CCS(=O)(=O)NCC1CCC(Nc2nc(C3(C(F)(F)F)CCC3)no2)CC1. The van der Waals surface area contributed by atoms with Gasteiger partial charge in [-0.15, -0.1) is 0 Å². The molecule has 0 unspecified atom stereocenters. The maximum Gasteiger partial charge on any atom is 0.401 e. The van der Waals surface area contributed by atoms with E-state index in [0.29, 0.717) is 13.0 Å². The van der Waals surface area contributed by atoms with E-state index in [-0.39, 0.29) is 42.4 Å². The highest BCUT2D eigenvalue weighted by Crippen LogP contribution is 2.53. The van der Waals surface area contributed by atoms with Crippen molar-refractivity contribution in [2.75, 3.05) is 17.6 Å². The van der Waals surface area contributed by atoms with Gasteiger partial charge in [-0.3, -0.25) is 0 Å². The van der Waals surface area contributed by atoms with Crippen LogP contribution in [0.3, 0.4) is 0 Å². The largest absolute Gasteiger partial charge is 0.401 e. The smallest absolute Gasteiger partial charge is 0.335 e. The van der Waals surface area contributed by atoms with Gasteiger partial charge >= 0.3 is 12.2 Å². The fraction of sp³-hybridized carbons (Fsp3) is 0.875. The van der Waals surface area contributed by atoms with Gasteiger partial charge in [0.1, 0.15) is 5.41 Å². The minimum absolute atomic E-state index is 0.00570. The standard InChI is InChI=1S/C16H25F3N4O3S/c1-2-27(24,25)20-10-11-4-6-12(7-5-11)21-14-22-13(23-26-14)15(8-3-9-15)16(17,18)19/h11-12,20H,2-10H2,1H3,(H,21,22,23). The maximum absolute atomic E-state index is 13.3. The van der Waals surface area contributed by atoms with Crippen LogP contribution in [0.1, 0.15) is 57.7 Å². The van der Waals surface area contributed by atoms with Crippen LogP contribution in [-0.2, 0) is 15.4 Å². The zero-order valence-corrected chi connectivity index (χ0v) is 16.0. The van der Waals surface area contributed by atoms with E-state index in [4.69, 9.17) is 4.52 Å². The van der Waals surface area contributed by atoms with Gasteiger partial charge in [-0.2, -0.15) is 18.2 Å². The number of hydrogen-bond donors (Lipinski definition) is 2. The predicted molar refractivity (Wildman–Crippen MR) is 92.7 cm³/mol. The molecule has 0 aliphatic heterocycles. The quantitative estimate of drug-likeness (QED) is 0.717. The normalized spacial score (nSPS) is 25.8. The average Bonchev–Trinajstić information content (AvgIpc) is 3.00. The molecular weight excluding hydrogens is 385 g/mol. The third-order valence-corrected chi connectivity index (χ3v) is 7.12. The average molecular weight is 410 g/mol. The Bertz CT molecular complexity index is 738. The van der Waals surface area contributed by atoms with E-state index in [0.717, 1.165) is 25.7 Å². The Labute approximate surface area is 156 Å². The first-order valence-corrected chi connectivity index (χ1v) is 11.0. The van der Waals surface area contributed by atoms with E-state index in [1.54, 1.807) is 6.92 Å². The summed E-state index contributed by atoms with van der Waals surface area (Å²) in [4.78, 5) is 3.96. The molecule has 154 valence electrons. The van der Waals surface area contributed by atoms with Gasteiger partial charge in [-0.25, -0.2) is 13.1 Å². The topological polar surface area (TPSA) is 97.1 Å². The van der Waals surface area contributed by atoms with Crippen molar-refractivity contribution in [3.05, 3.63) is 5.82 Å². The lowest BCUT2D eigenvalue weighted by atomic mass is 9.67. The molecule has 2 N–H and O–H groups in total. The molecule has 27 heavy (non-hydrogen) atoms. The van der Waals surface area contributed by atoms with Crippen molar-refractivity contribution in [3.8, 4) is 0 Å². The number of hydrogen-bond acceptors (Lipinski definition) is 6. The summed E-state index contributed by atoms with van der Waals surface area (Å²) in [6.45, 7) is 2.01. The predicted octanol–water partition coefficient (Wildman–Crippen LogP) is 2.96. The molecule has 2 aliphatic carbocycles. The number of halogens is 3. The van der Waals surface area contributed by atoms with E-state index in [9.17, 15) is 21.6 Å². The number of sulfonamides is 1. The molecule has 3 rings (SSSR count). The van der Waals surface area contributed by atoms with Gasteiger partial charge in [0.25, 0.3) is 0 Å². The minimum atomic E-state index is -4.38. The lowest BCUT2D eigenvalue weighted by molar-refractivity contribution is -0.215. The van der Waals surface area contributed by atoms with E-state index >= 15 is 0 Å². The van der Waals surface area contributed by atoms with E-state index in [2.05, 4.69) is 20.2 Å². The molecule has 0 amide bonds. The second-order valence-electron chi connectivity index (χ2n) is 7.47. The number of nitrogens with zero attached hydrogens (tertiary/aromatic N) is 2. The second-order valence-corrected chi connectivity index (χ2v) is 9.57. The molecule has 2 saturated carbocycles. The molecule has 2 fully saturated rings. The van der Waals surface area contributed by atoms with Gasteiger partial charge in [-0.05, 0) is 51.4 Å². The van der Waals surface area contributed by atoms with Crippen LogP contribution < -0.4 is 10.0 Å². The number of anilines is 1. The van der Waals surface area contributed by atoms with Crippen molar-refractivity contribution in [2.45, 2.75) is 69.5 Å². The van der Waals surface area contributed by atoms with Crippen molar-refractivity contribution in [2.24, 2.45) is 5.92 Å². The van der Waals surface area contributed by atoms with Crippen molar-refractivity contribution in [1.29, 1.82) is 0 Å². The fourth-order valence-corrected chi connectivity index (χ4v) is 4.37. The summed E-state index contributed by atoms with van der Waals surface area (Å²) in [7, 11) is -3.19. The first kappa shape index (κ1) is 20.4. The summed E-state index contributed by atoms with van der Waals surface area (Å²) < 4.78 is 70.6. The summed E-state index contributed by atoms with van der Waals surface area (Å²) in [6.07, 6.45) is -0.725. The number of rotatable bonds is 7. The molecular formula is C16H25F3N4O3S. The van der Waals surface area contributed by atoms with Crippen LogP contribution in [0.4, 0.5) is 19.2 Å². The maximum atomic E-state index is 13.3. The number of aromatic nitrogens is 2. The summed E-state index contributed by atoms with van der Waals surface area (Å²) in [5.74, 6) is 0.0283. The van der Waals surface area contributed by atoms with Crippen LogP contribution >= 0.6 is 0 Å². The van der Waals surface area contributed by atoms with Crippen LogP contribution in [0.25, 0.3) is 0 Å². The highest BCUT2D eigenvalue weighted by atomic mass is 32.2. The lowest BCUT2D eigenvalue weighted by Gasteiger charge is -2.40. The molecule has 2 aliphatic rings. The van der Waals surface area contributed by atoms with Crippen LogP contribution in [-0.4, -0.2) is 43.1 Å². The summed E-state index contributed by atoms with van der Waals surface area (Å²) in [5, 5.41) is 6.61. The molecule has 0 aromatic carbocycles. The Balaban J connectivity index is 1.51. The van der Waals surface area contributed by atoms with E-state index in [1.807, 2.05) is 0 Å². The van der Waals surface area contributed by atoms with Gasteiger partial charge in [-0.1, -0.05) is 11.6 Å². The summed E-state index contributed by atoms with van der Waals surface area (Å²) in [5.41, 5.74) is -1.97. The van der Waals surface area contributed by atoms with E-state index < -0.39 is 21.6 Å². The number of nitrogens with one attached hydrogen (secondary N) is 2. The number of alkyl halides is 3. The minimum Gasteiger partial charge on any atom is -0.335 e. The Hall–Kier alpha value is -1.36. The molecule has 0 atom stereocenters. The highest BCUT2D eigenvalue weighted by molar-refractivity contribution is 7.89. The molecule has 0 bridgehead atoms. The van der Waals surface area contributed by atoms with Gasteiger partial charge in [0.2, 0.25) is 10.0 Å². The van der Waals surface area contributed by atoms with Gasteiger partial charge < -0.3 is 9.84 Å². The van der Waals surface area contributed by atoms with Crippen molar-refractivity contribution in [3.63, 3.8) is 0 Å². The van der Waals surface area contributed by atoms with Gasteiger partial charge in [0.05, 0.1) is 5.75 Å². The van der Waals surface area contributed by atoms with Crippen LogP contribution in [0.5, 0.6) is 0 Å². The zero-order chi connectivity index (χ0) is 19.7. The van der Waals surface area contributed by atoms with Crippen LogP contribution in [0.2, 0.25) is 0 Å². The molecule has 0 saturated heterocycles. The second kappa shape index (κ2) is 7.57. The molecule has 1 heterocycles. The molecule has 0 radical (unpaired) electrons. The Kier molecular flexibility index (Phi) is 5.72. The van der Waals surface area contributed by atoms with E-state index in [1.165, 1.54) is 0 Å². The van der Waals surface area contributed by atoms with Gasteiger partial charge in [0, 0.05) is 12.6 Å². The Morgan fingerprint density at radius 3 is 2.41 bits per heavy atom. The van der Waals surface area contributed by atoms with Gasteiger partial charge in [0.15, 0.2) is 5.82 Å². The first-order chi connectivity index (χ1) is 12.7.